The van der Waals surface area contributed by atoms with Crippen molar-refractivity contribution in [3.63, 3.8) is 0 Å². The van der Waals surface area contributed by atoms with Gasteiger partial charge in [0.05, 0.1) is 5.30 Å². The minimum Gasteiger partial charge on any atom is -0.418 e. The smallest absolute Gasteiger partial charge is 0.418 e. The summed E-state index contributed by atoms with van der Waals surface area (Å²) in [6.45, 7) is 2.23. The van der Waals surface area contributed by atoms with Crippen LogP contribution >= 0.6 is 9.24 Å². The Morgan fingerprint density at radius 2 is 1.75 bits per heavy atom. The third-order valence-electron chi connectivity index (χ3n) is 1.81. The van der Waals surface area contributed by atoms with Crippen LogP contribution in [0.3, 0.4) is 0 Å². The monoisotopic (exact) mass is 254 g/mol. The van der Waals surface area contributed by atoms with Crippen LogP contribution in [0.15, 0.2) is 24.3 Å². The molecule has 0 bridgehead atoms. The van der Waals surface area contributed by atoms with Crippen LogP contribution in [0.5, 0.6) is 0 Å². The molecule has 0 N–H and O–H groups in total. The van der Waals surface area contributed by atoms with Gasteiger partial charge in [-0.3, -0.25) is 0 Å². The molecular formula is C10H16BF4P. The number of aryl methyl sites for hydroxylation is 1. The van der Waals surface area contributed by atoms with Gasteiger partial charge >= 0.3 is 7.25 Å². The van der Waals surface area contributed by atoms with Gasteiger partial charge in [-0.15, -0.1) is 0 Å². The summed E-state index contributed by atoms with van der Waals surface area (Å²) < 4.78 is 39.0. The molecule has 6 heteroatoms. The van der Waals surface area contributed by atoms with Crippen molar-refractivity contribution in [2.45, 2.75) is 26.2 Å². The van der Waals surface area contributed by atoms with Crippen molar-refractivity contribution in [2.24, 2.45) is 0 Å². The second-order valence-electron chi connectivity index (χ2n) is 3.42. The van der Waals surface area contributed by atoms with Gasteiger partial charge in [-0.25, -0.2) is 0 Å². The number of hydrogen-bond acceptors (Lipinski definition) is 0. The maximum atomic E-state index is 9.75. The molecule has 1 rings (SSSR count). The zero-order chi connectivity index (χ0) is 12.6. The SMILES string of the molecule is CCCCc1cccc([PH3+])c1.F[B-](F)(F)F. The lowest BCUT2D eigenvalue weighted by atomic mass is 10.1. The molecule has 0 spiro atoms. The minimum atomic E-state index is -6.00. The molecule has 0 heterocycles. The van der Waals surface area contributed by atoms with E-state index in [1.807, 2.05) is 9.24 Å². The standard InChI is InChI=1S/C10H15P.BF4/c1-2-3-5-9-6-4-7-10(11)8-9;2-1(3,4)5/h4,6-8H,2-3,5,11H2,1H3;/q;-1/p+1. The molecule has 16 heavy (non-hydrogen) atoms. The first kappa shape index (κ1) is 15.4. The summed E-state index contributed by atoms with van der Waals surface area (Å²) in [5.41, 5.74) is 1.49. The van der Waals surface area contributed by atoms with E-state index in [1.54, 1.807) is 0 Å². The maximum Gasteiger partial charge on any atom is 0.673 e. The van der Waals surface area contributed by atoms with Gasteiger partial charge < -0.3 is 17.3 Å². The molecule has 1 atom stereocenters. The molecule has 92 valence electrons. The van der Waals surface area contributed by atoms with E-state index in [4.69, 9.17) is 0 Å². The van der Waals surface area contributed by atoms with Gasteiger partial charge in [0.15, 0.2) is 0 Å². The fourth-order valence-electron chi connectivity index (χ4n) is 1.17. The second kappa shape index (κ2) is 7.67. The quantitative estimate of drug-likeness (QED) is 0.439. The van der Waals surface area contributed by atoms with Crippen molar-refractivity contribution in [3.8, 4) is 0 Å². The van der Waals surface area contributed by atoms with Crippen LogP contribution in [0, 0.1) is 0 Å². The average molecular weight is 254 g/mol. The van der Waals surface area contributed by atoms with Gasteiger partial charge in [-0.1, -0.05) is 25.5 Å². The Kier molecular flexibility index (Phi) is 7.40. The lowest BCUT2D eigenvalue weighted by Crippen LogP contribution is -2.02. The van der Waals surface area contributed by atoms with Crippen molar-refractivity contribution in [1.29, 1.82) is 0 Å². The fraction of sp³-hybridized carbons (Fsp3) is 0.400. The summed E-state index contributed by atoms with van der Waals surface area (Å²) in [7, 11) is -4.05. The summed E-state index contributed by atoms with van der Waals surface area (Å²) in [6.07, 6.45) is 3.84. The molecule has 1 aromatic carbocycles. The highest BCUT2D eigenvalue weighted by molar-refractivity contribution is 7.27. The summed E-state index contributed by atoms with van der Waals surface area (Å²) in [4.78, 5) is 0. The fourth-order valence-corrected chi connectivity index (χ4v) is 1.56. The Morgan fingerprint density at radius 1 is 1.19 bits per heavy atom. The highest BCUT2D eigenvalue weighted by atomic mass is 31.0. The highest BCUT2D eigenvalue weighted by Gasteiger charge is 2.20. The number of hydrogen-bond donors (Lipinski definition) is 0. The van der Waals surface area contributed by atoms with Crippen molar-refractivity contribution in [3.05, 3.63) is 29.8 Å². The molecule has 1 unspecified atom stereocenters. The third kappa shape index (κ3) is 11.5. The average Bonchev–Trinajstić information content (AvgIpc) is 2.12. The summed E-state index contributed by atoms with van der Waals surface area (Å²) in [6, 6.07) is 8.81. The summed E-state index contributed by atoms with van der Waals surface area (Å²) in [5, 5.41) is 1.40. The molecule has 0 aliphatic heterocycles. The van der Waals surface area contributed by atoms with E-state index < -0.39 is 7.25 Å². The first-order valence-electron chi connectivity index (χ1n) is 5.11. The molecule has 0 radical (unpaired) electrons. The van der Waals surface area contributed by atoms with Crippen molar-refractivity contribution in [1.82, 2.24) is 0 Å². The van der Waals surface area contributed by atoms with E-state index >= 15 is 0 Å². The molecule has 0 saturated heterocycles. The van der Waals surface area contributed by atoms with Gasteiger partial charge in [0, 0.05) is 9.24 Å². The normalized spacial score (nSPS) is 10.8. The van der Waals surface area contributed by atoms with Gasteiger partial charge in [-0.2, -0.15) is 0 Å². The van der Waals surface area contributed by atoms with Crippen LogP contribution < -0.4 is 5.30 Å². The predicted molar refractivity (Wildman–Crippen MR) is 66.0 cm³/mol. The molecule has 0 amide bonds. The Morgan fingerprint density at radius 3 is 2.19 bits per heavy atom. The molecule has 0 fully saturated rings. The van der Waals surface area contributed by atoms with Crippen LogP contribution in [0.2, 0.25) is 0 Å². The Bertz CT molecular complexity index is 295. The first-order valence-corrected chi connectivity index (χ1v) is 5.82. The summed E-state index contributed by atoms with van der Waals surface area (Å²) >= 11 is 0. The van der Waals surface area contributed by atoms with Gasteiger partial charge in [0.25, 0.3) is 0 Å². The highest BCUT2D eigenvalue weighted by Crippen LogP contribution is 2.06. The van der Waals surface area contributed by atoms with Crippen LogP contribution in [0.25, 0.3) is 0 Å². The van der Waals surface area contributed by atoms with Crippen LogP contribution in [-0.4, -0.2) is 7.25 Å². The first-order chi connectivity index (χ1) is 7.33. The lowest BCUT2D eigenvalue weighted by molar-refractivity contribution is 0.368. The van der Waals surface area contributed by atoms with E-state index in [9.17, 15) is 17.3 Å². The number of unbranched alkanes of at least 4 members (excludes halogenated alkanes) is 1. The van der Waals surface area contributed by atoms with E-state index in [2.05, 4.69) is 31.2 Å². The lowest BCUT2D eigenvalue weighted by Gasteiger charge is -1.97. The maximum absolute atomic E-state index is 9.75. The number of benzene rings is 1. The molecular weight excluding hydrogens is 238 g/mol. The van der Waals surface area contributed by atoms with Gasteiger partial charge in [-0.05, 0) is 30.5 Å². The van der Waals surface area contributed by atoms with E-state index in [0.29, 0.717) is 0 Å². The zero-order valence-corrected chi connectivity index (χ0v) is 10.6. The molecule has 0 aliphatic carbocycles. The Balaban J connectivity index is 0.000000385. The molecule has 0 nitrogen and oxygen atoms in total. The van der Waals surface area contributed by atoms with Crippen LogP contribution in [0.1, 0.15) is 25.3 Å². The molecule has 0 aliphatic rings. The van der Waals surface area contributed by atoms with E-state index in [-0.39, 0.29) is 0 Å². The second-order valence-corrected chi connectivity index (χ2v) is 4.23. The predicted octanol–water partition coefficient (Wildman–Crippen LogP) is 3.56. The van der Waals surface area contributed by atoms with Crippen LogP contribution in [-0.2, 0) is 6.42 Å². The van der Waals surface area contributed by atoms with Gasteiger partial charge in [0.1, 0.15) is 0 Å². The van der Waals surface area contributed by atoms with E-state index in [1.165, 1.54) is 30.1 Å². The largest absolute Gasteiger partial charge is 0.673 e. The Hall–Kier alpha value is -0.565. The molecule has 0 aromatic heterocycles. The van der Waals surface area contributed by atoms with Crippen LogP contribution in [0.4, 0.5) is 17.3 Å². The summed E-state index contributed by atoms with van der Waals surface area (Å²) in [5.74, 6) is 0. The van der Waals surface area contributed by atoms with Crippen molar-refractivity contribution < 1.29 is 17.3 Å². The number of halogens is 4. The Labute approximate surface area is 95.7 Å². The molecule has 1 aromatic rings. The number of rotatable bonds is 3. The molecule has 0 saturated carbocycles. The zero-order valence-electron chi connectivity index (χ0n) is 9.23. The van der Waals surface area contributed by atoms with E-state index in [0.717, 1.165) is 0 Å². The minimum absolute atomic E-state index is 1.24. The van der Waals surface area contributed by atoms with Gasteiger partial charge in [0.2, 0.25) is 0 Å². The third-order valence-corrected chi connectivity index (χ3v) is 2.25. The van der Waals surface area contributed by atoms with Crippen molar-refractivity contribution in [2.75, 3.05) is 0 Å². The van der Waals surface area contributed by atoms with Crippen molar-refractivity contribution >= 4 is 21.8 Å². The topological polar surface area (TPSA) is 0 Å².